The molecule has 1 aromatic heterocycles. The number of benzene rings is 1. The molecule has 0 aliphatic rings. The average molecular weight is 241 g/mol. The highest BCUT2D eigenvalue weighted by Gasteiger charge is 2.07. The molecule has 0 spiro atoms. The molecule has 2 aromatic rings. The second-order valence-corrected chi connectivity index (χ2v) is 4.51. The van der Waals surface area contributed by atoms with Gasteiger partial charge >= 0.3 is 0 Å². The monoisotopic (exact) mass is 241 g/mol. The van der Waals surface area contributed by atoms with Crippen molar-refractivity contribution in [3.8, 4) is 0 Å². The molecule has 0 aliphatic carbocycles. The normalized spacial score (nSPS) is 10.4. The predicted octanol–water partition coefficient (Wildman–Crippen LogP) is 2.49. The van der Waals surface area contributed by atoms with Crippen molar-refractivity contribution in [2.24, 2.45) is 5.73 Å². The summed E-state index contributed by atoms with van der Waals surface area (Å²) in [7, 11) is 2.07. The number of rotatable bonds is 4. The standard InChI is InChI=1S/C15H19N3/c1-12-6-7-15(13(9-12)10-16)18(2)11-14-5-3-4-8-17-14/h3-9H,10-11,16H2,1-2H3. The number of nitrogens with two attached hydrogens (primary N) is 1. The maximum absolute atomic E-state index is 5.81. The second kappa shape index (κ2) is 5.65. The summed E-state index contributed by atoms with van der Waals surface area (Å²) in [4.78, 5) is 6.53. The molecule has 0 unspecified atom stereocenters. The minimum Gasteiger partial charge on any atom is -0.368 e. The van der Waals surface area contributed by atoms with E-state index >= 15 is 0 Å². The van der Waals surface area contributed by atoms with Gasteiger partial charge in [0.25, 0.3) is 0 Å². The summed E-state index contributed by atoms with van der Waals surface area (Å²) >= 11 is 0. The van der Waals surface area contributed by atoms with E-state index in [1.807, 2.05) is 24.4 Å². The van der Waals surface area contributed by atoms with Gasteiger partial charge in [-0.15, -0.1) is 0 Å². The lowest BCUT2D eigenvalue weighted by Crippen LogP contribution is -2.19. The number of hydrogen-bond donors (Lipinski definition) is 1. The molecule has 3 heteroatoms. The van der Waals surface area contributed by atoms with Crippen molar-refractivity contribution in [3.63, 3.8) is 0 Å². The van der Waals surface area contributed by atoms with E-state index < -0.39 is 0 Å². The van der Waals surface area contributed by atoms with Crippen LogP contribution in [-0.4, -0.2) is 12.0 Å². The molecule has 18 heavy (non-hydrogen) atoms. The van der Waals surface area contributed by atoms with Gasteiger partial charge in [0.2, 0.25) is 0 Å². The van der Waals surface area contributed by atoms with Gasteiger partial charge in [-0.1, -0.05) is 23.8 Å². The highest BCUT2D eigenvalue weighted by atomic mass is 15.1. The Bertz CT molecular complexity index is 508. The van der Waals surface area contributed by atoms with Crippen LogP contribution in [0.2, 0.25) is 0 Å². The summed E-state index contributed by atoms with van der Waals surface area (Å²) in [5.74, 6) is 0. The third-order valence-corrected chi connectivity index (χ3v) is 2.99. The molecule has 0 fully saturated rings. The lowest BCUT2D eigenvalue weighted by molar-refractivity contribution is 0.871. The zero-order valence-electron chi connectivity index (χ0n) is 10.9. The van der Waals surface area contributed by atoms with Crippen molar-refractivity contribution >= 4 is 5.69 Å². The largest absolute Gasteiger partial charge is 0.368 e. The van der Waals surface area contributed by atoms with Crippen molar-refractivity contribution in [2.75, 3.05) is 11.9 Å². The lowest BCUT2D eigenvalue weighted by atomic mass is 10.1. The maximum atomic E-state index is 5.81. The van der Waals surface area contributed by atoms with E-state index in [0.29, 0.717) is 6.54 Å². The fraction of sp³-hybridized carbons (Fsp3) is 0.267. The van der Waals surface area contributed by atoms with Gasteiger partial charge in [0, 0.05) is 25.5 Å². The quantitative estimate of drug-likeness (QED) is 0.894. The molecular formula is C15H19N3. The van der Waals surface area contributed by atoms with Crippen LogP contribution in [0.1, 0.15) is 16.8 Å². The van der Waals surface area contributed by atoms with E-state index in [1.165, 1.54) is 16.8 Å². The van der Waals surface area contributed by atoms with E-state index in [1.54, 1.807) is 0 Å². The first-order valence-electron chi connectivity index (χ1n) is 6.11. The summed E-state index contributed by atoms with van der Waals surface area (Å²) < 4.78 is 0. The highest BCUT2D eigenvalue weighted by molar-refractivity contribution is 5.54. The Morgan fingerprint density at radius 3 is 2.72 bits per heavy atom. The Morgan fingerprint density at radius 2 is 2.06 bits per heavy atom. The molecule has 1 aromatic carbocycles. The van der Waals surface area contributed by atoms with Crippen LogP contribution in [0.15, 0.2) is 42.6 Å². The third kappa shape index (κ3) is 2.87. The van der Waals surface area contributed by atoms with Crippen molar-refractivity contribution < 1.29 is 0 Å². The van der Waals surface area contributed by atoms with E-state index in [0.717, 1.165) is 12.2 Å². The average Bonchev–Trinajstić information content (AvgIpc) is 2.39. The van der Waals surface area contributed by atoms with Crippen LogP contribution in [0.4, 0.5) is 5.69 Å². The van der Waals surface area contributed by atoms with Gasteiger partial charge in [0.15, 0.2) is 0 Å². The molecule has 3 nitrogen and oxygen atoms in total. The van der Waals surface area contributed by atoms with Crippen molar-refractivity contribution in [2.45, 2.75) is 20.0 Å². The Hall–Kier alpha value is -1.87. The van der Waals surface area contributed by atoms with Gasteiger partial charge in [0.05, 0.1) is 12.2 Å². The molecule has 0 radical (unpaired) electrons. The summed E-state index contributed by atoms with van der Waals surface area (Å²) in [5, 5.41) is 0. The van der Waals surface area contributed by atoms with Gasteiger partial charge in [0.1, 0.15) is 0 Å². The molecule has 2 N–H and O–H groups in total. The third-order valence-electron chi connectivity index (χ3n) is 2.99. The number of pyridine rings is 1. The zero-order valence-corrected chi connectivity index (χ0v) is 10.9. The number of hydrogen-bond acceptors (Lipinski definition) is 3. The number of nitrogens with zero attached hydrogens (tertiary/aromatic N) is 2. The van der Waals surface area contributed by atoms with E-state index in [4.69, 9.17) is 5.73 Å². The van der Waals surface area contributed by atoms with Crippen LogP contribution < -0.4 is 10.6 Å². The fourth-order valence-electron chi connectivity index (χ4n) is 2.07. The number of aromatic nitrogens is 1. The Morgan fingerprint density at radius 1 is 1.22 bits per heavy atom. The van der Waals surface area contributed by atoms with Crippen molar-refractivity contribution in [1.82, 2.24) is 4.98 Å². The molecule has 1 heterocycles. The summed E-state index contributed by atoms with van der Waals surface area (Å²) in [6.45, 7) is 3.43. The van der Waals surface area contributed by atoms with Crippen molar-refractivity contribution in [1.29, 1.82) is 0 Å². The number of aryl methyl sites for hydroxylation is 1. The minimum atomic E-state index is 0.559. The first-order valence-corrected chi connectivity index (χ1v) is 6.11. The van der Waals surface area contributed by atoms with Crippen LogP contribution >= 0.6 is 0 Å². The molecule has 0 aliphatic heterocycles. The highest BCUT2D eigenvalue weighted by Crippen LogP contribution is 2.21. The molecule has 0 atom stereocenters. The van der Waals surface area contributed by atoms with Crippen LogP contribution in [0.5, 0.6) is 0 Å². The Balaban J connectivity index is 2.21. The second-order valence-electron chi connectivity index (χ2n) is 4.51. The van der Waals surface area contributed by atoms with E-state index in [-0.39, 0.29) is 0 Å². The van der Waals surface area contributed by atoms with Crippen LogP contribution in [0.25, 0.3) is 0 Å². The van der Waals surface area contributed by atoms with Crippen LogP contribution in [0, 0.1) is 6.92 Å². The topological polar surface area (TPSA) is 42.2 Å². The SMILES string of the molecule is Cc1ccc(N(C)Cc2ccccn2)c(CN)c1. The predicted molar refractivity (Wildman–Crippen MR) is 75.4 cm³/mol. The molecule has 2 rings (SSSR count). The maximum Gasteiger partial charge on any atom is 0.0598 e. The molecular weight excluding hydrogens is 222 g/mol. The summed E-state index contributed by atoms with van der Waals surface area (Å²) in [5.41, 5.74) is 10.5. The summed E-state index contributed by atoms with van der Waals surface area (Å²) in [6.07, 6.45) is 1.82. The molecule has 94 valence electrons. The van der Waals surface area contributed by atoms with Gasteiger partial charge in [-0.05, 0) is 30.7 Å². The van der Waals surface area contributed by atoms with Gasteiger partial charge < -0.3 is 10.6 Å². The number of anilines is 1. The van der Waals surface area contributed by atoms with E-state index in [9.17, 15) is 0 Å². The van der Waals surface area contributed by atoms with Crippen LogP contribution in [0.3, 0.4) is 0 Å². The smallest absolute Gasteiger partial charge is 0.0598 e. The first kappa shape index (κ1) is 12.6. The van der Waals surface area contributed by atoms with E-state index in [2.05, 4.69) is 42.1 Å². The lowest BCUT2D eigenvalue weighted by Gasteiger charge is -2.22. The van der Waals surface area contributed by atoms with Gasteiger partial charge in [-0.2, -0.15) is 0 Å². The Kier molecular flexibility index (Phi) is 3.95. The molecule has 0 saturated heterocycles. The molecule has 0 amide bonds. The molecule has 0 saturated carbocycles. The minimum absolute atomic E-state index is 0.559. The Labute approximate surface area is 108 Å². The molecule has 0 bridgehead atoms. The first-order chi connectivity index (χ1) is 8.70. The zero-order chi connectivity index (χ0) is 13.0. The fourth-order valence-corrected chi connectivity index (χ4v) is 2.07. The van der Waals surface area contributed by atoms with Crippen molar-refractivity contribution in [3.05, 3.63) is 59.4 Å². The van der Waals surface area contributed by atoms with Crippen LogP contribution in [-0.2, 0) is 13.1 Å². The van der Waals surface area contributed by atoms with Gasteiger partial charge in [-0.3, -0.25) is 4.98 Å². The summed E-state index contributed by atoms with van der Waals surface area (Å²) in [6, 6.07) is 12.4. The van der Waals surface area contributed by atoms with Gasteiger partial charge in [-0.25, -0.2) is 0 Å².